The quantitative estimate of drug-likeness (QED) is 0.816. The van der Waals surface area contributed by atoms with Crippen LogP contribution in [-0.4, -0.2) is 24.6 Å². The number of phenols is 1. The third-order valence-electron chi connectivity index (χ3n) is 3.41. The summed E-state index contributed by atoms with van der Waals surface area (Å²) in [4.78, 5) is 12.3. The van der Waals surface area contributed by atoms with Crippen LogP contribution in [0.3, 0.4) is 0 Å². The molecule has 5 nitrogen and oxygen atoms in total. The van der Waals surface area contributed by atoms with Gasteiger partial charge in [-0.2, -0.15) is 8.78 Å². The highest BCUT2D eigenvalue weighted by molar-refractivity contribution is 6.32. The number of ketones is 1. The number of fused-ring (bicyclic) bond motifs is 1. The molecule has 8 heteroatoms. The zero-order valence-corrected chi connectivity index (χ0v) is 13.5. The van der Waals surface area contributed by atoms with E-state index in [0.717, 1.165) is 0 Å². The summed E-state index contributed by atoms with van der Waals surface area (Å²) < 4.78 is 39.7. The molecule has 0 spiro atoms. The number of halogens is 3. The van der Waals surface area contributed by atoms with Gasteiger partial charge in [-0.25, -0.2) is 0 Å². The molecule has 0 aromatic heterocycles. The number of hydrogen-bond donors (Lipinski definition) is 1. The highest BCUT2D eigenvalue weighted by Crippen LogP contribution is 2.39. The highest BCUT2D eigenvalue weighted by Gasteiger charge is 2.28. The molecule has 1 heterocycles. The van der Waals surface area contributed by atoms with Crippen molar-refractivity contribution in [3.8, 4) is 23.0 Å². The molecule has 130 valence electrons. The van der Waals surface area contributed by atoms with E-state index in [1.807, 2.05) is 0 Å². The number of rotatable bonds is 4. The minimum absolute atomic E-state index is 0.00116. The SMILES string of the molecule is COc1cc(C=C2Oc3cc(O)ccc3C2=O)cc(Cl)c1OC(F)F. The first-order valence-electron chi connectivity index (χ1n) is 6.98. The molecule has 0 atom stereocenters. The van der Waals surface area contributed by atoms with Crippen LogP contribution in [0.25, 0.3) is 6.08 Å². The van der Waals surface area contributed by atoms with E-state index in [-0.39, 0.29) is 39.6 Å². The van der Waals surface area contributed by atoms with Gasteiger partial charge >= 0.3 is 6.61 Å². The van der Waals surface area contributed by atoms with E-state index in [4.69, 9.17) is 21.1 Å². The van der Waals surface area contributed by atoms with Gasteiger partial charge in [0.05, 0.1) is 17.7 Å². The summed E-state index contributed by atoms with van der Waals surface area (Å²) in [6, 6.07) is 6.86. The Hall–Kier alpha value is -2.80. The lowest BCUT2D eigenvalue weighted by atomic mass is 10.1. The summed E-state index contributed by atoms with van der Waals surface area (Å²) in [5, 5.41) is 9.34. The maximum Gasteiger partial charge on any atom is 0.387 e. The van der Waals surface area contributed by atoms with Crippen LogP contribution in [0.5, 0.6) is 23.0 Å². The van der Waals surface area contributed by atoms with Crippen molar-refractivity contribution in [1.29, 1.82) is 0 Å². The van der Waals surface area contributed by atoms with Gasteiger partial charge in [-0.3, -0.25) is 4.79 Å². The number of hydrogen-bond acceptors (Lipinski definition) is 5. The highest BCUT2D eigenvalue weighted by atomic mass is 35.5. The first kappa shape index (κ1) is 17.0. The number of aromatic hydroxyl groups is 1. The molecule has 1 aliphatic rings. The molecule has 1 aliphatic heterocycles. The fourth-order valence-electron chi connectivity index (χ4n) is 2.35. The van der Waals surface area contributed by atoms with Crippen molar-refractivity contribution in [2.24, 2.45) is 0 Å². The molecule has 0 bridgehead atoms. The lowest BCUT2D eigenvalue weighted by Crippen LogP contribution is -2.04. The number of ether oxygens (including phenoxy) is 3. The number of Topliss-reactive ketones (excluding diaryl/α,β-unsaturated/α-hetero) is 1. The lowest BCUT2D eigenvalue weighted by molar-refractivity contribution is -0.0511. The third-order valence-corrected chi connectivity index (χ3v) is 3.69. The monoisotopic (exact) mass is 368 g/mol. The maximum absolute atomic E-state index is 12.4. The maximum atomic E-state index is 12.4. The number of carbonyl (C=O) groups excluding carboxylic acids is 1. The fourth-order valence-corrected chi connectivity index (χ4v) is 2.62. The Morgan fingerprint density at radius 2 is 2.04 bits per heavy atom. The van der Waals surface area contributed by atoms with E-state index in [0.29, 0.717) is 11.1 Å². The topological polar surface area (TPSA) is 65.0 Å². The fraction of sp³-hybridized carbons (Fsp3) is 0.118. The molecule has 0 saturated carbocycles. The second-order valence-electron chi connectivity index (χ2n) is 5.03. The predicted octanol–water partition coefficient (Wildman–Crippen LogP) is 4.27. The molecule has 0 amide bonds. The van der Waals surface area contributed by atoms with E-state index in [1.54, 1.807) is 0 Å². The van der Waals surface area contributed by atoms with Gasteiger partial charge in [0.2, 0.25) is 5.78 Å². The molecule has 0 aliphatic carbocycles. The number of phenolic OH excluding ortho intramolecular Hbond substituents is 1. The van der Waals surface area contributed by atoms with E-state index in [2.05, 4.69) is 4.74 Å². The van der Waals surface area contributed by atoms with Crippen molar-refractivity contribution in [2.45, 2.75) is 6.61 Å². The number of methoxy groups -OCH3 is 1. The summed E-state index contributed by atoms with van der Waals surface area (Å²) in [5.41, 5.74) is 0.698. The molecule has 25 heavy (non-hydrogen) atoms. The van der Waals surface area contributed by atoms with Crippen molar-refractivity contribution in [3.05, 3.63) is 52.2 Å². The molecular formula is C17H11ClF2O5. The van der Waals surface area contributed by atoms with Crippen molar-refractivity contribution in [2.75, 3.05) is 7.11 Å². The van der Waals surface area contributed by atoms with Gasteiger partial charge in [0, 0.05) is 6.07 Å². The Morgan fingerprint density at radius 1 is 1.28 bits per heavy atom. The molecular weight excluding hydrogens is 358 g/mol. The van der Waals surface area contributed by atoms with Crippen molar-refractivity contribution < 1.29 is 32.9 Å². The van der Waals surface area contributed by atoms with E-state index in [9.17, 15) is 18.7 Å². The first-order valence-corrected chi connectivity index (χ1v) is 7.36. The molecule has 2 aromatic rings. The van der Waals surface area contributed by atoms with Crippen LogP contribution in [0.1, 0.15) is 15.9 Å². The standard InChI is InChI=1S/C17H11ClF2O5/c1-23-14-6-8(4-11(18)16(14)25-17(19)20)5-13-15(22)10-3-2-9(21)7-12(10)24-13/h2-7,17,21H,1H3. The smallest absolute Gasteiger partial charge is 0.387 e. The Bertz CT molecular complexity index is 880. The largest absolute Gasteiger partial charge is 0.508 e. The molecule has 0 unspecified atom stereocenters. The van der Waals surface area contributed by atoms with Crippen LogP contribution in [0.15, 0.2) is 36.1 Å². The average Bonchev–Trinajstić information content (AvgIpc) is 2.84. The molecule has 2 aromatic carbocycles. The molecule has 1 N–H and O–H groups in total. The second kappa shape index (κ2) is 6.60. The lowest BCUT2D eigenvalue weighted by Gasteiger charge is -2.12. The van der Waals surface area contributed by atoms with Crippen LogP contribution in [-0.2, 0) is 0 Å². The third kappa shape index (κ3) is 3.36. The van der Waals surface area contributed by atoms with Gasteiger partial charge in [-0.05, 0) is 35.9 Å². The van der Waals surface area contributed by atoms with E-state index < -0.39 is 6.61 Å². The molecule has 3 rings (SSSR count). The van der Waals surface area contributed by atoms with Gasteiger partial charge in [-0.1, -0.05) is 11.6 Å². The van der Waals surface area contributed by atoms with Gasteiger partial charge in [0.25, 0.3) is 0 Å². The van der Waals surface area contributed by atoms with Gasteiger partial charge < -0.3 is 19.3 Å². The summed E-state index contributed by atoms with van der Waals surface area (Å²) in [7, 11) is 1.27. The number of benzene rings is 2. The van der Waals surface area contributed by atoms with Crippen molar-refractivity contribution in [1.82, 2.24) is 0 Å². The molecule has 0 radical (unpaired) electrons. The number of carbonyl (C=O) groups is 1. The number of allylic oxidation sites excluding steroid dienone is 1. The summed E-state index contributed by atoms with van der Waals surface area (Å²) in [6.07, 6.45) is 1.39. The Kier molecular flexibility index (Phi) is 4.50. The van der Waals surface area contributed by atoms with Crippen LogP contribution >= 0.6 is 11.6 Å². The Morgan fingerprint density at radius 3 is 2.72 bits per heavy atom. The zero-order chi connectivity index (χ0) is 18.1. The Balaban J connectivity index is 1.97. The van der Waals surface area contributed by atoms with Crippen molar-refractivity contribution in [3.63, 3.8) is 0 Å². The number of alkyl halides is 2. The van der Waals surface area contributed by atoms with Crippen LogP contribution in [0.4, 0.5) is 8.78 Å². The first-order chi connectivity index (χ1) is 11.9. The van der Waals surface area contributed by atoms with Crippen molar-refractivity contribution >= 4 is 23.5 Å². The van der Waals surface area contributed by atoms with Gasteiger partial charge in [0.1, 0.15) is 11.5 Å². The minimum atomic E-state index is -3.06. The normalized spacial score (nSPS) is 14.6. The minimum Gasteiger partial charge on any atom is -0.508 e. The summed E-state index contributed by atoms with van der Waals surface area (Å²) >= 11 is 5.96. The second-order valence-corrected chi connectivity index (χ2v) is 5.44. The molecule has 0 fully saturated rings. The summed E-state index contributed by atoms with van der Waals surface area (Å²) in [5.74, 6) is -0.495. The van der Waals surface area contributed by atoms with Gasteiger partial charge in [-0.15, -0.1) is 0 Å². The van der Waals surface area contributed by atoms with E-state index in [1.165, 1.54) is 43.5 Å². The van der Waals surface area contributed by atoms with Crippen LogP contribution < -0.4 is 14.2 Å². The van der Waals surface area contributed by atoms with Crippen LogP contribution in [0, 0.1) is 0 Å². The average molecular weight is 369 g/mol. The zero-order valence-electron chi connectivity index (χ0n) is 12.8. The predicted molar refractivity (Wildman–Crippen MR) is 85.7 cm³/mol. The Labute approximate surface area is 146 Å². The summed E-state index contributed by atoms with van der Waals surface area (Å²) in [6.45, 7) is -3.06. The van der Waals surface area contributed by atoms with Crippen LogP contribution in [0.2, 0.25) is 5.02 Å². The van der Waals surface area contributed by atoms with E-state index >= 15 is 0 Å². The molecule has 0 saturated heterocycles. The van der Waals surface area contributed by atoms with Gasteiger partial charge in [0.15, 0.2) is 17.3 Å².